The Morgan fingerprint density at radius 1 is 1.35 bits per heavy atom. The Morgan fingerprint density at radius 2 is 2.12 bits per heavy atom. The van der Waals surface area contributed by atoms with Gasteiger partial charge in [-0.05, 0) is 12.1 Å². The first-order valence-electron chi connectivity index (χ1n) is 5.37. The highest BCUT2D eigenvalue weighted by Gasteiger charge is 2.49. The van der Waals surface area contributed by atoms with Crippen LogP contribution in [0.3, 0.4) is 0 Å². The molecule has 0 aromatic carbocycles. The Kier molecular flexibility index (Phi) is 1.89. The quantitative estimate of drug-likeness (QED) is 0.705. The molecule has 0 bridgehead atoms. The zero-order chi connectivity index (χ0) is 12.2. The Bertz CT molecular complexity index is 516. The Balaban J connectivity index is 2.10. The van der Waals surface area contributed by atoms with Gasteiger partial charge in [0.15, 0.2) is 0 Å². The number of hydrogen-bond donors (Lipinski definition) is 1. The zero-order valence-corrected chi connectivity index (χ0v) is 9.54. The van der Waals surface area contributed by atoms with Crippen molar-refractivity contribution in [2.75, 3.05) is 19.4 Å². The Hall–Kier alpha value is -2.11. The number of rotatable bonds is 0. The Labute approximate surface area is 98.2 Å². The van der Waals surface area contributed by atoms with Gasteiger partial charge in [0.1, 0.15) is 12.1 Å². The van der Waals surface area contributed by atoms with E-state index in [0.29, 0.717) is 0 Å². The highest BCUT2D eigenvalue weighted by Crippen LogP contribution is 2.39. The van der Waals surface area contributed by atoms with Crippen molar-refractivity contribution in [1.82, 2.24) is 14.8 Å². The van der Waals surface area contributed by atoms with Crippen LogP contribution in [0.2, 0.25) is 0 Å². The molecule has 0 saturated carbocycles. The number of fused-ring (bicyclic) bond motifs is 3. The van der Waals surface area contributed by atoms with Crippen LogP contribution in [0.4, 0.5) is 10.5 Å². The average molecular weight is 232 g/mol. The minimum atomic E-state index is -0.424. The predicted molar refractivity (Wildman–Crippen MR) is 60.3 cm³/mol. The molecule has 17 heavy (non-hydrogen) atoms. The molecule has 2 atom stereocenters. The molecule has 2 aliphatic rings. The van der Waals surface area contributed by atoms with E-state index in [1.165, 1.54) is 7.05 Å². The molecule has 0 spiro atoms. The highest BCUT2D eigenvalue weighted by atomic mass is 16.2. The second kappa shape index (κ2) is 3.19. The number of nitrogens with zero attached hydrogens (tertiary/aromatic N) is 3. The summed E-state index contributed by atoms with van der Waals surface area (Å²) in [5.74, 6) is -0.212. The molecule has 1 fully saturated rings. The van der Waals surface area contributed by atoms with Gasteiger partial charge in [-0.1, -0.05) is 0 Å². The first kappa shape index (κ1) is 10.1. The standard InChI is InChI=1S/C11H12N4O2/c1-14-9-7-6(4-3-5-12-7)13-8(9)10(16)15(2)11(14)17/h3-5,8-9,13H,1-2H3. The molecule has 6 heteroatoms. The minimum Gasteiger partial charge on any atom is -0.370 e. The van der Waals surface area contributed by atoms with E-state index < -0.39 is 6.04 Å². The van der Waals surface area contributed by atoms with Crippen molar-refractivity contribution < 1.29 is 9.59 Å². The van der Waals surface area contributed by atoms with Gasteiger partial charge in [0.25, 0.3) is 5.91 Å². The smallest absolute Gasteiger partial charge is 0.326 e. The second-order valence-corrected chi connectivity index (χ2v) is 4.29. The molecule has 88 valence electrons. The van der Waals surface area contributed by atoms with Crippen LogP contribution < -0.4 is 5.32 Å². The van der Waals surface area contributed by atoms with Crippen LogP contribution in [-0.2, 0) is 4.79 Å². The van der Waals surface area contributed by atoms with Crippen LogP contribution in [0.25, 0.3) is 0 Å². The second-order valence-electron chi connectivity index (χ2n) is 4.29. The third-order valence-corrected chi connectivity index (χ3v) is 3.35. The SMILES string of the molecule is CN1C(=O)C2Nc3cccnc3C2N(C)C1=O. The lowest BCUT2D eigenvalue weighted by atomic mass is 10.0. The molecule has 0 aliphatic carbocycles. The summed E-state index contributed by atoms with van der Waals surface area (Å²) < 4.78 is 0. The van der Waals surface area contributed by atoms with E-state index in [-0.39, 0.29) is 18.0 Å². The van der Waals surface area contributed by atoms with E-state index in [1.807, 2.05) is 6.07 Å². The summed E-state index contributed by atoms with van der Waals surface area (Å²) in [6, 6.07) is 2.65. The maximum atomic E-state index is 12.0. The van der Waals surface area contributed by atoms with E-state index in [4.69, 9.17) is 0 Å². The molecule has 2 aliphatic heterocycles. The maximum Gasteiger partial charge on any atom is 0.326 e. The normalized spacial score (nSPS) is 26.7. The van der Waals surface area contributed by atoms with Crippen molar-refractivity contribution in [2.45, 2.75) is 12.1 Å². The fraction of sp³-hybridized carbons (Fsp3) is 0.364. The summed E-state index contributed by atoms with van der Waals surface area (Å²) in [4.78, 5) is 30.8. The molecule has 1 N–H and O–H groups in total. The van der Waals surface area contributed by atoms with E-state index >= 15 is 0 Å². The van der Waals surface area contributed by atoms with Crippen LogP contribution in [0, 0.1) is 0 Å². The predicted octanol–water partition coefficient (Wildman–Crippen LogP) is 0.441. The number of hydrogen-bond acceptors (Lipinski definition) is 4. The third-order valence-electron chi connectivity index (χ3n) is 3.35. The fourth-order valence-corrected chi connectivity index (χ4v) is 2.44. The summed E-state index contributed by atoms with van der Waals surface area (Å²) in [5, 5.41) is 3.12. The lowest BCUT2D eigenvalue weighted by Gasteiger charge is -2.37. The minimum absolute atomic E-state index is 0.212. The van der Waals surface area contributed by atoms with Gasteiger partial charge in [-0.3, -0.25) is 14.7 Å². The molecule has 1 aromatic heterocycles. The summed E-state index contributed by atoms with van der Waals surface area (Å²) in [6.07, 6.45) is 1.67. The van der Waals surface area contributed by atoms with Gasteiger partial charge in [-0.15, -0.1) is 0 Å². The van der Waals surface area contributed by atoms with Crippen LogP contribution in [-0.4, -0.2) is 46.9 Å². The number of likely N-dealkylation sites (N-methyl/N-ethyl adjacent to an activating group) is 2. The molecule has 1 saturated heterocycles. The molecule has 2 unspecified atom stereocenters. The van der Waals surface area contributed by atoms with Gasteiger partial charge < -0.3 is 10.2 Å². The van der Waals surface area contributed by atoms with E-state index in [0.717, 1.165) is 16.3 Å². The molecule has 1 aromatic rings. The van der Waals surface area contributed by atoms with Crippen molar-refractivity contribution in [3.05, 3.63) is 24.0 Å². The van der Waals surface area contributed by atoms with Crippen molar-refractivity contribution in [3.8, 4) is 0 Å². The van der Waals surface area contributed by atoms with E-state index in [1.54, 1.807) is 24.2 Å². The summed E-state index contributed by atoms with van der Waals surface area (Å²) in [6.45, 7) is 0. The van der Waals surface area contributed by atoms with Crippen molar-refractivity contribution in [3.63, 3.8) is 0 Å². The van der Waals surface area contributed by atoms with Gasteiger partial charge >= 0.3 is 6.03 Å². The average Bonchev–Trinajstić information content (AvgIpc) is 2.73. The topological polar surface area (TPSA) is 65.5 Å². The van der Waals surface area contributed by atoms with Crippen LogP contribution in [0.1, 0.15) is 11.7 Å². The largest absolute Gasteiger partial charge is 0.370 e. The van der Waals surface area contributed by atoms with Crippen molar-refractivity contribution in [2.24, 2.45) is 0 Å². The number of pyridine rings is 1. The fourth-order valence-electron chi connectivity index (χ4n) is 2.44. The van der Waals surface area contributed by atoms with Gasteiger partial charge in [0.2, 0.25) is 0 Å². The molecule has 6 nitrogen and oxygen atoms in total. The van der Waals surface area contributed by atoms with Gasteiger partial charge in [0, 0.05) is 20.3 Å². The van der Waals surface area contributed by atoms with Gasteiger partial charge in [-0.2, -0.15) is 0 Å². The molecule has 0 radical (unpaired) electrons. The van der Waals surface area contributed by atoms with E-state index in [9.17, 15) is 9.59 Å². The zero-order valence-electron chi connectivity index (χ0n) is 9.54. The molecule has 3 rings (SSSR count). The summed E-state index contributed by atoms with van der Waals surface area (Å²) in [5.41, 5.74) is 1.58. The van der Waals surface area contributed by atoms with Crippen LogP contribution in [0.5, 0.6) is 0 Å². The van der Waals surface area contributed by atoms with Gasteiger partial charge in [0.05, 0.1) is 11.4 Å². The van der Waals surface area contributed by atoms with E-state index in [2.05, 4.69) is 10.3 Å². The number of amides is 3. The first-order valence-corrected chi connectivity index (χ1v) is 5.37. The molecule has 3 amide bonds. The number of nitrogens with one attached hydrogen (secondary N) is 1. The number of imide groups is 1. The number of anilines is 1. The molecule has 3 heterocycles. The number of urea groups is 1. The monoisotopic (exact) mass is 232 g/mol. The van der Waals surface area contributed by atoms with Gasteiger partial charge in [-0.25, -0.2) is 4.79 Å². The van der Waals surface area contributed by atoms with Crippen molar-refractivity contribution >= 4 is 17.6 Å². The molecular weight excluding hydrogens is 220 g/mol. The number of aromatic nitrogens is 1. The summed E-state index contributed by atoms with van der Waals surface area (Å²) >= 11 is 0. The lowest BCUT2D eigenvalue weighted by Crippen LogP contribution is -2.58. The number of carbonyl (C=O) groups is 2. The van der Waals surface area contributed by atoms with Crippen LogP contribution in [0.15, 0.2) is 18.3 Å². The van der Waals surface area contributed by atoms with Crippen LogP contribution >= 0.6 is 0 Å². The Morgan fingerprint density at radius 3 is 2.88 bits per heavy atom. The highest BCUT2D eigenvalue weighted by molar-refractivity contribution is 6.02. The molecular formula is C11H12N4O2. The maximum absolute atomic E-state index is 12.0. The third kappa shape index (κ3) is 1.17. The summed E-state index contributed by atoms with van der Waals surface area (Å²) in [7, 11) is 3.18. The first-order chi connectivity index (χ1) is 8.11. The van der Waals surface area contributed by atoms with Crippen molar-refractivity contribution in [1.29, 1.82) is 0 Å². The number of carbonyl (C=O) groups excluding carboxylic acids is 2. The lowest BCUT2D eigenvalue weighted by molar-refractivity contribution is -0.132.